The molecule has 1 fully saturated rings. The third-order valence-corrected chi connectivity index (χ3v) is 6.84. The predicted molar refractivity (Wildman–Crippen MR) is 111 cm³/mol. The zero-order chi connectivity index (χ0) is 20.1. The molecule has 2 aromatic rings. The number of halogens is 1. The summed E-state index contributed by atoms with van der Waals surface area (Å²) in [5.74, 6) is 0.617. The lowest BCUT2D eigenvalue weighted by Crippen LogP contribution is -2.40. The summed E-state index contributed by atoms with van der Waals surface area (Å²) in [6.45, 7) is 3.01. The van der Waals surface area contributed by atoms with Crippen LogP contribution >= 0.6 is 11.6 Å². The summed E-state index contributed by atoms with van der Waals surface area (Å²) >= 11 is 6.22. The van der Waals surface area contributed by atoms with Gasteiger partial charge in [0.15, 0.2) is 9.84 Å². The first kappa shape index (κ1) is 20.7. The van der Waals surface area contributed by atoms with Crippen molar-refractivity contribution < 1.29 is 17.9 Å². The third-order valence-electron chi connectivity index (χ3n) is 4.76. The summed E-state index contributed by atoms with van der Waals surface area (Å²) in [7, 11) is -3.12. The molecule has 1 atom stereocenters. The van der Waals surface area contributed by atoms with Crippen molar-refractivity contribution in [1.82, 2.24) is 4.90 Å². The summed E-state index contributed by atoms with van der Waals surface area (Å²) in [5.41, 5.74) is 1.30. The Kier molecular flexibility index (Phi) is 6.62. The Hall–Kier alpha value is -2.05. The highest BCUT2D eigenvalue weighted by Crippen LogP contribution is 2.25. The normalized spacial score (nSPS) is 18.0. The number of sulfone groups is 1. The van der Waals surface area contributed by atoms with Crippen molar-refractivity contribution >= 4 is 27.3 Å². The van der Waals surface area contributed by atoms with Crippen LogP contribution in [0.2, 0.25) is 5.02 Å². The molecule has 7 heteroatoms. The van der Waals surface area contributed by atoms with Gasteiger partial charge >= 0.3 is 0 Å². The van der Waals surface area contributed by atoms with E-state index in [0.29, 0.717) is 30.2 Å². The molecule has 3 rings (SSSR count). The standard InChI is InChI=1S/C21H24ClNO4S/c1-2-12-27-18-9-7-16(8-10-18)14-23(17-11-13-28(25,26)15-17)21(24)19-5-3-4-6-20(19)22/h3-10,17H,2,11-15H2,1H3. The van der Waals surface area contributed by atoms with Crippen LogP contribution in [0.4, 0.5) is 0 Å². The average Bonchev–Trinajstić information content (AvgIpc) is 3.04. The van der Waals surface area contributed by atoms with E-state index < -0.39 is 9.84 Å². The Morgan fingerprint density at radius 3 is 2.50 bits per heavy atom. The molecule has 1 unspecified atom stereocenters. The number of rotatable bonds is 7. The Labute approximate surface area is 171 Å². The SMILES string of the molecule is CCCOc1ccc(CN(C(=O)c2ccccc2Cl)C2CCS(=O)(=O)C2)cc1. The largest absolute Gasteiger partial charge is 0.494 e. The fraction of sp³-hybridized carbons (Fsp3) is 0.381. The Morgan fingerprint density at radius 2 is 1.89 bits per heavy atom. The first-order valence-corrected chi connectivity index (χ1v) is 11.6. The molecule has 150 valence electrons. The van der Waals surface area contributed by atoms with Gasteiger partial charge in [0.1, 0.15) is 5.75 Å². The smallest absolute Gasteiger partial charge is 0.255 e. The van der Waals surface area contributed by atoms with Crippen LogP contribution in [0.5, 0.6) is 5.75 Å². The highest BCUT2D eigenvalue weighted by Gasteiger charge is 2.35. The van der Waals surface area contributed by atoms with Crippen LogP contribution < -0.4 is 4.74 Å². The minimum Gasteiger partial charge on any atom is -0.494 e. The van der Waals surface area contributed by atoms with E-state index in [1.165, 1.54) is 0 Å². The van der Waals surface area contributed by atoms with Gasteiger partial charge in [0.2, 0.25) is 0 Å². The first-order valence-electron chi connectivity index (χ1n) is 9.37. The first-order chi connectivity index (χ1) is 13.4. The van der Waals surface area contributed by atoms with Crippen LogP contribution in [0.25, 0.3) is 0 Å². The summed E-state index contributed by atoms with van der Waals surface area (Å²) in [6.07, 6.45) is 1.37. The second-order valence-electron chi connectivity index (χ2n) is 6.96. The van der Waals surface area contributed by atoms with Crippen molar-refractivity contribution in [2.45, 2.75) is 32.4 Å². The van der Waals surface area contributed by atoms with Crippen molar-refractivity contribution in [2.75, 3.05) is 18.1 Å². The molecule has 0 aromatic heterocycles. The maximum absolute atomic E-state index is 13.2. The zero-order valence-corrected chi connectivity index (χ0v) is 17.4. The second-order valence-corrected chi connectivity index (χ2v) is 9.60. The molecular formula is C21H24ClNO4S. The van der Waals surface area contributed by atoms with Crippen molar-refractivity contribution in [2.24, 2.45) is 0 Å². The van der Waals surface area contributed by atoms with Gasteiger partial charge in [-0.2, -0.15) is 0 Å². The minimum atomic E-state index is -3.12. The molecule has 0 spiro atoms. The molecular weight excluding hydrogens is 398 g/mol. The maximum atomic E-state index is 13.2. The van der Waals surface area contributed by atoms with Crippen LogP contribution in [0.1, 0.15) is 35.7 Å². The zero-order valence-electron chi connectivity index (χ0n) is 15.8. The topological polar surface area (TPSA) is 63.7 Å². The van der Waals surface area contributed by atoms with Gasteiger partial charge in [0.05, 0.1) is 28.7 Å². The van der Waals surface area contributed by atoms with E-state index in [9.17, 15) is 13.2 Å². The molecule has 28 heavy (non-hydrogen) atoms. The number of carbonyl (C=O) groups is 1. The molecule has 5 nitrogen and oxygen atoms in total. The molecule has 2 aromatic carbocycles. The van der Waals surface area contributed by atoms with Crippen molar-refractivity contribution in [3.63, 3.8) is 0 Å². The summed E-state index contributed by atoms with van der Waals surface area (Å²) < 4.78 is 29.6. The fourth-order valence-corrected chi connectivity index (χ4v) is 5.23. The van der Waals surface area contributed by atoms with E-state index in [4.69, 9.17) is 16.3 Å². The number of benzene rings is 2. The lowest BCUT2D eigenvalue weighted by Gasteiger charge is -2.29. The van der Waals surface area contributed by atoms with Gasteiger partial charge in [-0.3, -0.25) is 4.79 Å². The van der Waals surface area contributed by atoms with Crippen molar-refractivity contribution in [3.05, 3.63) is 64.7 Å². The average molecular weight is 422 g/mol. The maximum Gasteiger partial charge on any atom is 0.255 e. The van der Waals surface area contributed by atoms with E-state index in [0.717, 1.165) is 17.7 Å². The number of nitrogens with zero attached hydrogens (tertiary/aromatic N) is 1. The van der Waals surface area contributed by atoms with Crippen LogP contribution in [-0.2, 0) is 16.4 Å². The van der Waals surface area contributed by atoms with E-state index in [1.54, 1.807) is 29.2 Å². The number of carbonyl (C=O) groups excluding carboxylic acids is 1. The molecule has 1 heterocycles. The molecule has 1 aliphatic rings. The molecule has 0 radical (unpaired) electrons. The van der Waals surface area contributed by atoms with Gasteiger partial charge in [0, 0.05) is 12.6 Å². The highest BCUT2D eigenvalue weighted by molar-refractivity contribution is 7.91. The van der Waals surface area contributed by atoms with Gasteiger partial charge in [-0.1, -0.05) is 42.8 Å². The highest BCUT2D eigenvalue weighted by atomic mass is 35.5. The Balaban J connectivity index is 1.84. The Morgan fingerprint density at radius 1 is 1.18 bits per heavy atom. The minimum absolute atomic E-state index is 0.0130. The third kappa shape index (κ3) is 5.06. The summed E-state index contributed by atoms with van der Waals surface area (Å²) in [4.78, 5) is 14.8. The quantitative estimate of drug-likeness (QED) is 0.678. The van der Waals surface area contributed by atoms with Crippen molar-refractivity contribution in [3.8, 4) is 5.75 Å². The molecule has 1 amide bonds. The van der Waals surface area contributed by atoms with Gasteiger partial charge in [-0.25, -0.2) is 8.42 Å². The number of amides is 1. The van der Waals surface area contributed by atoms with Crippen LogP contribution in [-0.4, -0.2) is 43.4 Å². The molecule has 0 aliphatic carbocycles. The van der Waals surface area contributed by atoms with E-state index in [1.807, 2.05) is 31.2 Å². The molecule has 0 saturated carbocycles. The molecule has 0 bridgehead atoms. The van der Waals surface area contributed by atoms with Crippen LogP contribution in [0.3, 0.4) is 0 Å². The number of ether oxygens (including phenoxy) is 1. The number of hydrogen-bond acceptors (Lipinski definition) is 4. The molecule has 1 aliphatic heterocycles. The lowest BCUT2D eigenvalue weighted by molar-refractivity contribution is 0.0681. The summed E-state index contributed by atoms with van der Waals surface area (Å²) in [5, 5.41) is 0.363. The molecule has 1 saturated heterocycles. The van der Waals surface area contributed by atoms with Crippen LogP contribution in [0, 0.1) is 0 Å². The van der Waals surface area contributed by atoms with E-state index >= 15 is 0 Å². The van der Waals surface area contributed by atoms with Gasteiger partial charge in [0.25, 0.3) is 5.91 Å². The van der Waals surface area contributed by atoms with E-state index in [-0.39, 0.29) is 23.5 Å². The number of hydrogen-bond donors (Lipinski definition) is 0. The van der Waals surface area contributed by atoms with E-state index in [2.05, 4.69) is 0 Å². The molecule has 0 N–H and O–H groups in total. The predicted octanol–water partition coefficient (Wildman–Crippen LogP) is 3.96. The second kappa shape index (κ2) is 8.97. The monoisotopic (exact) mass is 421 g/mol. The fourth-order valence-electron chi connectivity index (χ4n) is 3.28. The Bertz CT molecular complexity index is 928. The van der Waals surface area contributed by atoms with Gasteiger partial charge in [-0.05, 0) is 42.7 Å². The summed E-state index contributed by atoms with van der Waals surface area (Å²) in [6, 6.07) is 14.0. The lowest BCUT2D eigenvalue weighted by atomic mass is 10.1. The van der Waals surface area contributed by atoms with Crippen LogP contribution in [0.15, 0.2) is 48.5 Å². The van der Waals surface area contributed by atoms with Gasteiger partial charge in [-0.15, -0.1) is 0 Å². The van der Waals surface area contributed by atoms with Gasteiger partial charge < -0.3 is 9.64 Å². The van der Waals surface area contributed by atoms with Crippen molar-refractivity contribution in [1.29, 1.82) is 0 Å².